The summed E-state index contributed by atoms with van der Waals surface area (Å²) in [5.74, 6) is 0. The smallest absolute Gasteiger partial charge is 0.0502 e. The molecule has 140 valence electrons. The SMILES string of the molecule is CCCN1CCC(N2CCC[C@](CO)(Cc3cccc(Cl)c3)C2)CC1. The largest absolute Gasteiger partial charge is 0.396 e. The van der Waals surface area contributed by atoms with Crippen LogP contribution < -0.4 is 0 Å². The molecule has 0 unspecified atom stereocenters. The number of halogens is 1. The maximum atomic E-state index is 10.2. The lowest BCUT2D eigenvalue weighted by molar-refractivity contribution is -0.00273. The van der Waals surface area contributed by atoms with Crippen LogP contribution in [0.15, 0.2) is 24.3 Å². The summed E-state index contributed by atoms with van der Waals surface area (Å²) in [6.07, 6.45) is 7.03. The summed E-state index contributed by atoms with van der Waals surface area (Å²) >= 11 is 6.16. The third-order valence-electron chi connectivity index (χ3n) is 6.11. The molecular weight excluding hydrogens is 332 g/mol. The average molecular weight is 365 g/mol. The molecule has 1 atom stereocenters. The number of rotatable bonds is 6. The van der Waals surface area contributed by atoms with Gasteiger partial charge in [0, 0.05) is 23.0 Å². The fourth-order valence-electron chi connectivity index (χ4n) is 4.79. The predicted molar refractivity (Wildman–Crippen MR) is 105 cm³/mol. The van der Waals surface area contributed by atoms with Gasteiger partial charge >= 0.3 is 0 Å². The Morgan fingerprint density at radius 1 is 1.24 bits per heavy atom. The lowest BCUT2D eigenvalue weighted by atomic mass is 9.75. The molecule has 2 aliphatic heterocycles. The van der Waals surface area contributed by atoms with E-state index in [0.29, 0.717) is 6.04 Å². The summed E-state index contributed by atoms with van der Waals surface area (Å²) in [5, 5.41) is 11.0. The molecule has 1 aromatic rings. The Morgan fingerprint density at radius 2 is 2.04 bits per heavy atom. The van der Waals surface area contributed by atoms with Crippen molar-refractivity contribution in [2.24, 2.45) is 5.41 Å². The predicted octanol–water partition coefficient (Wildman–Crippen LogP) is 3.83. The molecule has 2 fully saturated rings. The standard InChI is InChI=1S/C21H33ClN2O/c1-2-10-23-12-7-20(8-13-23)24-11-4-9-21(16-24,17-25)15-18-5-3-6-19(22)14-18/h3,5-6,14,20,25H,2,4,7-13,15-17H2,1H3/t21-/m0/s1. The van der Waals surface area contributed by atoms with Crippen molar-refractivity contribution >= 4 is 11.6 Å². The molecule has 4 heteroatoms. The van der Waals surface area contributed by atoms with Crippen molar-refractivity contribution in [1.29, 1.82) is 0 Å². The van der Waals surface area contributed by atoms with E-state index in [2.05, 4.69) is 28.9 Å². The van der Waals surface area contributed by atoms with Crippen molar-refractivity contribution in [2.75, 3.05) is 39.3 Å². The van der Waals surface area contributed by atoms with Gasteiger partial charge in [-0.1, -0.05) is 30.7 Å². The van der Waals surface area contributed by atoms with Crippen LogP contribution in [0.3, 0.4) is 0 Å². The van der Waals surface area contributed by atoms with Crippen LogP contribution in [0.2, 0.25) is 5.02 Å². The summed E-state index contributed by atoms with van der Waals surface area (Å²) in [6.45, 7) is 8.45. The normalized spacial score (nSPS) is 26.8. The maximum Gasteiger partial charge on any atom is 0.0502 e. The number of hydrogen-bond acceptors (Lipinski definition) is 3. The van der Waals surface area contributed by atoms with Crippen LogP contribution in [0.1, 0.15) is 44.6 Å². The van der Waals surface area contributed by atoms with Crippen LogP contribution in [0, 0.1) is 5.41 Å². The Labute approximate surface area is 158 Å². The second-order valence-electron chi connectivity index (χ2n) is 8.11. The molecule has 2 saturated heterocycles. The molecule has 0 aromatic heterocycles. The number of nitrogens with zero attached hydrogens (tertiary/aromatic N) is 2. The van der Waals surface area contributed by atoms with Gasteiger partial charge in [0.15, 0.2) is 0 Å². The van der Waals surface area contributed by atoms with Gasteiger partial charge in [-0.3, -0.25) is 4.90 Å². The van der Waals surface area contributed by atoms with Crippen LogP contribution in [0.5, 0.6) is 0 Å². The van der Waals surface area contributed by atoms with Crippen molar-refractivity contribution < 1.29 is 5.11 Å². The number of aliphatic hydroxyl groups is 1. The Hall–Kier alpha value is -0.610. The van der Waals surface area contributed by atoms with Gasteiger partial charge in [0.1, 0.15) is 0 Å². The third-order valence-corrected chi connectivity index (χ3v) is 6.34. The van der Waals surface area contributed by atoms with E-state index in [0.717, 1.165) is 24.4 Å². The number of piperidine rings is 2. The fraction of sp³-hybridized carbons (Fsp3) is 0.714. The zero-order valence-corrected chi connectivity index (χ0v) is 16.3. The van der Waals surface area contributed by atoms with E-state index in [1.807, 2.05) is 12.1 Å². The minimum absolute atomic E-state index is 0.0104. The van der Waals surface area contributed by atoms with E-state index < -0.39 is 0 Å². The summed E-state index contributed by atoms with van der Waals surface area (Å²) in [5.41, 5.74) is 1.24. The van der Waals surface area contributed by atoms with E-state index in [4.69, 9.17) is 11.6 Å². The summed E-state index contributed by atoms with van der Waals surface area (Å²) in [7, 11) is 0. The van der Waals surface area contributed by atoms with Crippen LogP contribution in [0.25, 0.3) is 0 Å². The van der Waals surface area contributed by atoms with Gasteiger partial charge in [-0.25, -0.2) is 0 Å². The number of benzene rings is 1. The maximum absolute atomic E-state index is 10.2. The first-order valence-electron chi connectivity index (χ1n) is 9.96. The Kier molecular flexibility index (Phi) is 6.79. The molecule has 2 aliphatic rings. The first-order chi connectivity index (χ1) is 12.1. The first kappa shape index (κ1) is 19.2. The van der Waals surface area contributed by atoms with Gasteiger partial charge in [0.05, 0.1) is 6.61 Å². The highest BCUT2D eigenvalue weighted by molar-refractivity contribution is 6.30. The van der Waals surface area contributed by atoms with Gasteiger partial charge in [0.25, 0.3) is 0 Å². The molecule has 25 heavy (non-hydrogen) atoms. The van der Waals surface area contributed by atoms with Gasteiger partial charge < -0.3 is 10.0 Å². The second-order valence-corrected chi connectivity index (χ2v) is 8.55. The van der Waals surface area contributed by atoms with Crippen molar-refractivity contribution in [3.8, 4) is 0 Å². The van der Waals surface area contributed by atoms with Crippen molar-refractivity contribution in [3.05, 3.63) is 34.9 Å². The van der Waals surface area contributed by atoms with Crippen molar-refractivity contribution in [2.45, 2.75) is 51.5 Å². The molecule has 0 amide bonds. The van der Waals surface area contributed by atoms with Crippen LogP contribution in [0.4, 0.5) is 0 Å². The average Bonchev–Trinajstić information content (AvgIpc) is 2.63. The number of aliphatic hydroxyl groups excluding tert-OH is 1. The highest BCUT2D eigenvalue weighted by atomic mass is 35.5. The lowest BCUT2D eigenvalue weighted by Crippen LogP contribution is -2.53. The van der Waals surface area contributed by atoms with E-state index in [9.17, 15) is 5.11 Å². The second kappa shape index (κ2) is 8.85. The number of likely N-dealkylation sites (tertiary alicyclic amines) is 2. The zero-order chi connectivity index (χ0) is 17.7. The molecule has 1 aromatic carbocycles. The topological polar surface area (TPSA) is 26.7 Å². The Morgan fingerprint density at radius 3 is 2.72 bits per heavy atom. The molecule has 0 bridgehead atoms. The summed E-state index contributed by atoms with van der Waals surface area (Å²) in [4.78, 5) is 5.28. The van der Waals surface area contributed by atoms with E-state index >= 15 is 0 Å². The van der Waals surface area contributed by atoms with E-state index in [1.54, 1.807) is 0 Å². The van der Waals surface area contributed by atoms with Crippen molar-refractivity contribution in [3.63, 3.8) is 0 Å². The molecule has 0 radical (unpaired) electrons. The third kappa shape index (κ3) is 4.97. The van der Waals surface area contributed by atoms with Crippen LogP contribution in [-0.4, -0.2) is 60.3 Å². The van der Waals surface area contributed by atoms with E-state index in [1.165, 1.54) is 57.4 Å². The quantitative estimate of drug-likeness (QED) is 0.830. The van der Waals surface area contributed by atoms with Gasteiger partial charge in [0.2, 0.25) is 0 Å². The number of hydrogen-bond donors (Lipinski definition) is 1. The highest BCUT2D eigenvalue weighted by Crippen LogP contribution is 2.36. The highest BCUT2D eigenvalue weighted by Gasteiger charge is 2.38. The van der Waals surface area contributed by atoms with Gasteiger partial charge in [-0.2, -0.15) is 0 Å². The monoisotopic (exact) mass is 364 g/mol. The Balaban J connectivity index is 1.62. The molecule has 1 N–H and O–H groups in total. The lowest BCUT2D eigenvalue weighted by Gasteiger charge is -2.47. The minimum Gasteiger partial charge on any atom is -0.396 e. The zero-order valence-electron chi connectivity index (χ0n) is 15.6. The van der Waals surface area contributed by atoms with Gasteiger partial charge in [-0.15, -0.1) is 0 Å². The molecule has 2 heterocycles. The first-order valence-corrected chi connectivity index (χ1v) is 10.3. The van der Waals surface area contributed by atoms with Gasteiger partial charge in [-0.05, 0) is 82.4 Å². The summed E-state index contributed by atoms with van der Waals surface area (Å²) in [6, 6.07) is 8.84. The van der Waals surface area contributed by atoms with E-state index in [-0.39, 0.29) is 12.0 Å². The summed E-state index contributed by atoms with van der Waals surface area (Å²) < 4.78 is 0. The molecule has 0 saturated carbocycles. The van der Waals surface area contributed by atoms with Crippen LogP contribution >= 0.6 is 11.6 Å². The molecule has 3 rings (SSSR count). The molecule has 3 nitrogen and oxygen atoms in total. The minimum atomic E-state index is -0.0104. The Bertz CT molecular complexity index is 544. The van der Waals surface area contributed by atoms with Crippen LogP contribution in [-0.2, 0) is 6.42 Å². The molecular formula is C21H33ClN2O. The van der Waals surface area contributed by atoms with Crippen molar-refractivity contribution in [1.82, 2.24) is 9.80 Å². The molecule has 0 aliphatic carbocycles. The molecule has 0 spiro atoms. The fourth-order valence-corrected chi connectivity index (χ4v) is 5.00.